The number of anilines is 1. The molecule has 54 heavy (non-hydrogen) atoms. The van der Waals surface area contributed by atoms with Gasteiger partial charge in [-0.1, -0.05) is 98.8 Å². The molecule has 0 spiro atoms. The lowest BCUT2D eigenvalue weighted by atomic mass is 9.91. The number of terminal acetylenes is 1. The fourth-order valence-corrected chi connectivity index (χ4v) is 7.12. The number of fused-ring (bicyclic) bond motifs is 1. The molecular formula is C46H53N5O2S. The normalized spacial score (nSPS) is 10.9. The highest BCUT2D eigenvalue weighted by Gasteiger charge is 2.25. The summed E-state index contributed by atoms with van der Waals surface area (Å²) in [5.74, 6) is 21.6. The fraction of sp³-hybridized carbons (Fsp3) is 0.457. The molecule has 0 aliphatic heterocycles. The molecule has 0 radical (unpaired) electrons. The van der Waals surface area contributed by atoms with Crippen LogP contribution in [0.25, 0.3) is 23.1 Å². The minimum atomic E-state index is -0.241. The van der Waals surface area contributed by atoms with Crippen molar-refractivity contribution in [3.63, 3.8) is 0 Å². The van der Waals surface area contributed by atoms with Crippen LogP contribution in [0, 0.1) is 59.9 Å². The van der Waals surface area contributed by atoms with E-state index in [0.29, 0.717) is 28.5 Å². The van der Waals surface area contributed by atoms with Crippen molar-refractivity contribution >= 4 is 28.1 Å². The zero-order valence-electron chi connectivity index (χ0n) is 32.9. The summed E-state index contributed by atoms with van der Waals surface area (Å²) in [7, 11) is 1.62. The first-order valence-corrected chi connectivity index (χ1v) is 20.0. The van der Waals surface area contributed by atoms with Crippen molar-refractivity contribution < 1.29 is 9.47 Å². The van der Waals surface area contributed by atoms with Crippen molar-refractivity contribution in [3.8, 4) is 82.8 Å². The maximum atomic E-state index is 5.73. The molecule has 0 unspecified atom stereocenters. The Kier molecular flexibility index (Phi) is 16.9. The molecule has 1 aromatic carbocycles. The maximum absolute atomic E-state index is 5.73. The van der Waals surface area contributed by atoms with Crippen LogP contribution in [0.4, 0.5) is 5.00 Å². The van der Waals surface area contributed by atoms with Gasteiger partial charge in [-0.25, -0.2) is 0 Å². The first-order valence-electron chi connectivity index (χ1n) is 19.2. The zero-order valence-corrected chi connectivity index (χ0v) is 33.7. The third-order valence-electron chi connectivity index (χ3n) is 8.90. The van der Waals surface area contributed by atoms with E-state index in [1.54, 1.807) is 13.2 Å². The number of nitrogens with zero attached hydrogens (tertiary/aromatic N) is 5. The molecule has 0 saturated carbocycles. The van der Waals surface area contributed by atoms with Gasteiger partial charge in [-0.2, -0.15) is 9.61 Å². The molecule has 0 amide bonds. The molecule has 0 atom stereocenters. The molecule has 0 aliphatic carbocycles. The quantitative estimate of drug-likeness (QED) is 0.0706. The Hall–Kier alpha value is -5.33. The van der Waals surface area contributed by atoms with E-state index in [9.17, 15) is 0 Å². The summed E-state index contributed by atoms with van der Waals surface area (Å²) in [6.45, 7) is 13.3. The SMILES string of the molecule is C#CC#CC#CC#CC#COc1ccc(OC)c(-c2nnc3/c(=C\c4ccc(N(CCCCCCCC)CCCCCCCC)s4)c(C(C)(C)C)nn23)c1. The number of unbranched alkanes of at least 4 members (excludes halogenated alkanes) is 10. The van der Waals surface area contributed by atoms with E-state index in [2.05, 4.69) is 121 Å². The van der Waals surface area contributed by atoms with Crippen molar-refractivity contribution in [2.45, 2.75) is 117 Å². The van der Waals surface area contributed by atoms with Crippen LogP contribution in [-0.4, -0.2) is 40.0 Å². The predicted octanol–water partition coefficient (Wildman–Crippen LogP) is 9.22. The van der Waals surface area contributed by atoms with Gasteiger partial charge in [-0.3, -0.25) is 0 Å². The van der Waals surface area contributed by atoms with Gasteiger partial charge in [0.15, 0.2) is 11.5 Å². The van der Waals surface area contributed by atoms with Gasteiger partial charge in [-0.05, 0) is 72.9 Å². The number of methoxy groups -OCH3 is 1. The lowest BCUT2D eigenvalue weighted by molar-refractivity contribution is 0.414. The second kappa shape index (κ2) is 22.0. The first kappa shape index (κ1) is 41.4. The molecule has 4 rings (SSSR count). The second-order valence-corrected chi connectivity index (χ2v) is 15.3. The van der Waals surface area contributed by atoms with Crippen LogP contribution < -0.4 is 19.6 Å². The lowest BCUT2D eigenvalue weighted by Gasteiger charge is -2.23. The number of hydrogen-bond donors (Lipinski definition) is 0. The number of ether oxygens (including phenoxy) is 2. The van der Waals surface area contributed by atoms with Crippen LogP contribution in [0.15, 0.2) is 30.3 Å². The lowest BCUT2D eigenvalue weighted by Crippen LogP contribution is -2.24. The number of hydrogen-bond acceptors (Lipinski definition) is 7. The Balaban J connectivity index is 1.63. The summed E-state index contributed by atoms with van der Waals surface area (Å²) in [6.07, 6.45) is 25.5. The Bertz CT molecular complexity index is 2150. The van der Waals surface area contributed by atoms with Crippen molar-refractivity contribution in [3.05, 3.63) is 46.1 Å². The smallest absolute Gasteiger partial charge is 0.189 e. The number of benzene rings is 1. The molecule has 3 aromatic heterocycles. The van der Waals surface area contributed by atoms with Crippen LogP contribution in [-0.2, 0) is 5.41 Å². The van der Waals surface area contributed by atoms with Gasteiger partial charge in [0.25, 0.3) is 0 Å². The highest BCUT2D eigenvalue weighted by molar-refractivity contribution is 7.16. The number of aromatic nitrogens is 4. The topological polar surface area (TPSA) is 64.8 Å². The van der Waals surface area contributed by atoms with E-state index in [1.165, 1.54) is 86.9 Å². The standard InChI is InChI=1S/C46H53N5O2S/c1-8-11-14-17-20-21-24-27-34-53-37-28-30-41(52-7)39(35-37)44-47-48-45-40(43(46(4,5)6)49-51(44)45)36-38-29-31-42(54-38)50(32-25-22-18-15-12-9-2)33-26-23-19-16-13-10-3/h1,28-31,35-36H,9-10,12-13,15-16,18-19,22-23,25-26,32-33H2,2-7H3/b40-36-. The van der Waals surface area contributed by atoms with Crippen LogP contribution in [0.5, 0.6) is 11.5 Å². The van der Waals surface area contributed by atoms with Gasteiger partial charge >= 0.3 is 0 Å². The zero-order chi connectivity index (χ0) is 38.6. The Morgan fingerprint density at radius 2 is 1.43 bits per heavy atom. The van der Waals surface area contributed by atoms with Crippen LogP contribution in [0.2, 0.25) is 0 Å². The summed E-state index contributed by atoms with van der Waals surface area (Å²) in [5.41, 5.74) is 2.08. The van der Waals surface area contributed by atoms with E-state index in [4.69, 9.17) is 21.0 Å². The molecule has 0 aliphatic rings. The maximum Gasteiger partial charge on any atom is 0.189 e. The largest absolute Gasteiger partial charge is 0.496 e. The van der Waals surface area contributed by atoms with Gasteiger partial charge in [0.2, 0.25) is 0 Å². The molecule has 8 heteroatoms. The van der Waals surface area contributed by atoms with E-state index < -0.39 is 0 Å². The molecule has 0 bridgehead atoms. The summed E-state index contributed by atoms with van der Waals surface area (Å²) in [6, 6.07) is 9.92. The van der Waals surface area contributed by atoms with Gasteiger partial charge in [0, 0.05) is 52.3 Å². The Labute approximate surface area is 327 Å². The van der Waals surface area contributed by atoms with Crippen molar-refractivity contribution in [2.75, 3.05) is 25.1 Å². The number of thiophene rings is 1. The summed E-state index contributed by atoms with van der Waals surface area (Å²) < 4.78 is 13.2. The van der Waals surface area contributed by atoms with Crippen LogP contribution in [0.3, 0.4) is 0 Å². The van der Waals surface area contributed by atoms with Crippen LogP contribution in [0.1, 0.15) is 122 Å². The third kappa shape index (κ3) is 12.4. The highest BCUT2D eigenvalue weighted by Crippen LogP contribution is 2.33. The van der Waals surface area contributed by atoms with Gasteiger partial charge < -0.3 is 14.4 Å². The van der Waals surface area contributed by atoms with E-state index in [0.717, 1.165) is 24.0 Å². The predicted molar refractivity (Wildman–Crippen MR) is 224 cm³/mol. The molecule has 0 saturated heterocycles. The molecular weight excluding hydrogens is 687 g/mol. The van der Waals surface area contributed by atoms with E-state index >= 15 is 0 Å². The van der Waals surface area contributed by atoms with Crippen LogP contribution >= 0.6 is 11.3 Å². The average molecular weight is 740 g/mol. The Morgan fingerprint density at radius 1 is 0.796 bits per heavy atom. The Morgan fingerprint density at radius 3 is 2.06 bits per heavy atom. The summed E-state index contributed by atoms with van der Waals surface area (Å²) >= 11 is 1.84. The minimum absolute atomic E-state index is 0.241. The van der Waals surface area contributed by atoms with Crippen molar-refractivity contribution in [1.29, 1.82) is 0 Å². The van der Waals surface area contributed by atoms with Crippen molar-refractivity contribution in [1.82, 2.24) is 19.8 Å². The van der Waals surface area contributed by atoms with E-state index in [-0.39, 0.29) is 5.41 Å². The van der Waals surface area contributed by atoms with E-state index in [1.807, 2.05) is 28.0 Å². The molecule has 0 N–H and O–H groups in total. The number of rotatable bonds is 19. The van der Waals surface area contributed by atoms with Gasteiger partial charge in [0.1, 0.15) is 17.6 Å². The molecule has 7 nitrogen and oxygen atoms in total. The molecule has 3 heterocycles. The first-order chi connectivity index (χ1) is 26.3. The highest BCUT2D eigenvalue weighted by atomic mass is 32.1. The molecule has 4 aromatic rings. The fourth-order valence-electron chi connectivity index (χ4n) is 6.11. The van der Waals surface area contributed by atoms with Crippen molar-refractivity contribution in [2.24, 2.45) is 0 Å². The second-order valence-electron chi connectivity index (χ2n) is 14.2. The molecule has 280 valence electrons. The van der Waals surface area contributed by atoms with Gasteiger partial charge in [-0.15, -0.1) is 28.0 Å². The minimum Gasteiger partial charge on any atom is -0.496 e. The summed E-state index contributed by atoms with van der Waals surface area (Å²) in [5, 5.41) is 16.7. The monoisotopic (exact) mass is 739 g/mol. The summed E-state index contributed by atoms with van der Waals surface area (Å²) in [4.78, 5) is 3.79. The molecule has 0 fully saturated rings. The third-order valence-corrected chi connectivity index (χ3v) is 9.99. The average Bonchev–Trinajstić information content (AvgIpc) is 3.89. The van der Waals surface area contributed by atoms with Gasteiger partial charge in [0.05, 0.1) is 23.4 Å².